The van der Waals surface area contributed by atoms with Crippen molar-refractivity contribution < 1.29 is 34.5 Å². The highest BCUT2D eigenvalue weighted by Crippen LogP contribution is 2.14. The zero-order valence-corrected chi connectivity index (χ0v) is 21.7. The molecule has 8 N–H and O–H groups in total. The Morgan fingerprint density at radius 2 is 1.26 bits per heavy atom. The molecule has 0 saturated heterocycles. The van der Waals surface area contributed by atoms with Crippen LogP contribution in [-0.4, -0.2) is 63.2 Å². The van der Waals surface area contributed by atoms with Gasteiger partial charge in [0.1, 0.15) is 29.6 Å². The van der Waals surface area contributed by atoms with Crippen LogP contribution >= 0.6 is 0 Å². The zero-order valence-electron chi connectivity index (χ0n) is 21.7. The van der Waals surface area contributed by atoms with Crippen LogP contribution in [0.15, 0.2) is 48.5 Å². The average molecular weight is 529 g/mol. The summed E-state index contributed by atoms with van der Waals surface area (Å²) in [5, 5.41) is 36.1. The molecule has 0 aliphatic carbocycles. The van der Waals surface area contributed by atoms with Gasteiger partial charge in [-0.2, -0.15) is 0 Å². The van der Waals surface area contributed by atoms with E-state index in [0.717, 1.165) is 5.56 Å². The molecule has 38 heavy (non-hydrogen) atoms. The molecule has 0 saturated carbocycles. The molecule has 0 heterocycles. The van der Waals surface area contributed by atoms with Crippen molar-refractivity contribution in [3.8, 4) is 11.5 Å². The number of nitrogens with one attached hydrogen (secondary N) is 3. The van der Waals surface area contributed by atoms with Crippen molar-refractivity contribution >= 4 is 23.7 Å². The van der Waals surface area contributed by atoms with Crippen LogP contribution in [0.2, 0.25) is 0 Å². The van der Waals surface area contributed by atoms with E-state index < -0.39 is 47.9 Å². The number of aromatic hydroxyl groups is 2. The number of carboxylic acids is 1. The molecule has 2 rings (SSSR count). The summed E-state index contributed by atoms with van der Waals surface area (Å²) >= 11 is 0. The van der Waals surface area contributed by atoms with E-state index in [2.05, 4.69) is 16.0 Å². The minimum atomic E-state index is -1.26. The van der Waals surface area contributed by atoms with Gasteiger partial charge in [-0.3, -0.25) is 14.4 Å². The lowest BCUT2D eigenvalue weighted by Gasteiger charge is -2.27. The van der Waals surface area contributed by atoms with Gasteiger partial charge < -0.3 is 37.0 Å². The van der Waals surface area contributed by atoms with Crippen molar-refractivity contribution in [3.05, 3.63) is 59.7 Å². The van der Waals surface area contributed by atoms with Crippen LogP contribution in [-0.2, 0) is 32.0 Å². The first-order valence-corrected chi connectivity index (χ1v) is 12.4. The molecule has 206 valence electrons. The van der Waals surface area contributed by atoms with Crippen molar-refractivity contribution in [2.24, 2.45) is 11.7 Å². The van der Waals surface area contributed by atoms with Gasteiger partial charge in [0.15, 0.2) is 0 Å². The Balaban J connectivity index is 2.01. The Hall–Kier alpha value is -4.12. The number of carbonyl (C=O) groups is 4. The highest BCUT2D eigenvalue weighted by molar-refractivity contribution is 5.94. The van der Waals surface area contributed by atoms with E-state index in [0.29, 0.717) is 12.0 Å². The maximum atomic E-state index is 13.1. The Bertz CT molecular complexity index is 1110. The standard InChI is InChI=1S/C27H36N4O7/c1-4-15(2)23(26(36)30-22(27(37)38)14-18-7-11-20(33)12-8-18)31-24(34)16(3)29-25(35)21(28)13-17-5-9-19(32)10-6-17/h5-12,15-16,21-23,32-33H,4,13-14,28H2,1-3H3,(H,29,35)(H,30,36)(H,31,34)(H,37,38). The topological polar surface area (TPSA) is 191 Å². The predicted octanol–water partition coefficient (Wildman–Crippen LogP) is 0.815. The van der Waals surface area contributed by atoms with Gasteiger partial charge in [0.05, 0.1) is 6.04 Å². The van der Waals surface area contributed by atoms with Crippen molar-refractivity contribution in [1.29, 1.82) is 0 Å². The Morgan fingerprint density at radius 1 is 0.763 bits per heavy atom. The van der Waals surface area contributed by atoms with Gasteiger partial charge in [0.25, 0.3) is 0 Å². The monoisotopic (exact) mass is 528 g/mol. The number of aliphatic carboxylic acids is 1. The van der Waals surface area contributed by atoms with E-state index in [9.17, 15) is 34.5 Å². The molecule has 0 aliphatic rings. The molecule has 0 fully saturated rings. The van der Waals surface area contributed by atoms with Crippen LogP contribution in [0.1, 0.15) is 38.3 Å². The molecule has 0 spiro atoms. The summed E-state index contributed by atoms with van der Waals surface area (Å²) in [6.45, 7) is 5.03. The Kier molecular flexibility index (Phi) is 11.1. The number of rotatable bonds is 13. The lowest BCUT2D eigenvalue weighted by atomic mass is 9.97. The fraction of sp³-hybridized carbons (Fsp3) is 0.407. The van der Waals surface area contributed by atoms with Gasteiger partial charge in [-0.1, -0.05) is 44.5 Å². The molecule has 0 aromatic heterocycles. The molecule has 11 heteroatoms. The van der Waals surface area contributed by atoms with E-state index in [1.54, 1.807) is 31.2 Å². The third kappa shape index (κ3) is 9.07. The van der Waals surface area contributed by atoms with Crippen molar-refractivity contribution in [2.75, 3.05) is 0 Å². The number of hydrogen-bond acceptors (Lipinski definition) is 7. The molecule has 5 atom stereocenters. The number of phenols is 2. The van der Waals surface area contributed by atoms with E-state index in [4.69, 9.17) is 5.73 Å². The number of nitrogens with two attached hydrogens (primary N) is 1. The van der Waals surface area contributed by atoms with Crippen LogP contribution in [0.3, 0.4) is 0 Å². The van der Waals surface area contributed by atoms with Crippen molar-refractivity contribution in [2.45, 2.75) is 64.2 Å². The summed E-state index contributed by atoms with van der Waals surface area (Å²) in [5.41, 5.74) is 7.30. The number of phenolic OH excluding ortho intramolecular Hbond substituents is 2. The van der Waals surface area contributed by atoms with Crippen molar-refractivity contribution in [3.63, 3.8) is 0 Å². The van der Waals surface area contributed by atoms with Crippen LogP contribution in [0.5, 0.6) is 11.5 Å². The minimum absolute atomic E-state index is 0.0199. The quantitative estimate of drug-likeness (QED) is 0.199. The molecular formula is C27H36N4O7. The van der Waals surface area contributed by atoms with E-state index in [1.807, 2.05) is 6.92 Å². The Labute approximate surface area is 221 Å². The molecule has 2 aromatic rings. The second-order valence-electron chi connectivity index (χ2n) is 9.35. The Morgan fingerprint density at radius 3 is 1.74 bits per heavy atom. The lowest BCUT2D eigenvalue weighted by molar-refractivity contribution is -0.142. The summed E-state index contributed by atoms with van der Waals surface area (Å²) in [6, 6.07) is 7.94. The lowest BCUT2D eigenvalue weighted by Crippen LogP contribution is -2.58. The fourth-order valence-electron chi connectivity index (χ4n) is 3.67. The summed E-state index contributed by atoms with van der Waals surface area (Å²) in [4.78, 5) is 50.3. The molecule has 2 aromatic carbocycles. The summed E-state index contributed by atoms with van der Waals surface area (Å²) in [5.74, 6) is -3.31. The van der Waals surface area contributed by atoms with Crippen LogP contribution < -0.4 is 21.7 Å². The van der Waals surface area contributed by atoms with Gasteiger partial charge in [-0.05, 0) is 54.7 Å². The maximum absolute atomic E-state index is 13.1. The van der Waals surface area contributed by atoms with E-state index in [-0.39, 0.29) is 30.3 Å². The normalized spacial score (nSPS) is 14.8. The first kappa shape index (κ1) is 30.1. The molecular weight excluding hydrogens is 492 g/mol. The summed E-state index contributed by atoms with van der Waals surface area (Å²) in [6.07, 6.45) is 0.691. The largest absolute Gasteiger partial charge is 0.508 e. The second-order valence-corrected chi connectivity index (χ2v) is 9.35. The molecule has 3 amide bonds. The minimum Gasteiger partial charge on any atom is -0.508 e. The van der Waals surface area contributed by atoms with Crippen molar-refractivity contribution in [1.82, 2.24) is 16.0 Å². The first-order valence-electron chi connectivity index (χ1n) is 12.4. The highest BCUT2D eigenvalue weighted by Gasteiger charge is 2.31. The van der Waals surface area contributed by atoms with Gasteiger partial charge in [0, 0.05) is 6.42 Å². The molecule has 0 radical (unpaired) electrons. The van der Waals surface area contributed by atoms with Gasteiger partial charge in [-0.25, -0.2) is 4.79 Å². The van der Waals surface area contributed by atoms with E-state index >= 15 is 0 Å². The van der Waals surface area contributed by atoms with Crippen LogP contribution in [0.4, 0.5) is 0 Å². The summed E-state index contributed by atoms with van der Waals surface area (Å²) < 4.78 is 0. The number of hydrogen-bond donors (Lipinski definition) is 7. The number of carbonyl (C=O) groups excluding carboxylic acids is 3. The molecule has 0 aliphatic heterocycles. The molecule has 5 unspecified atom stereocenters. The van der Waals surface area contributed by atoms with Crippen LogP contribution in [0, 0.1) is 5.92 Å². The molecule has 11 nitrogen and oxygen atoms in total. The highest BCUT2D eigenvalue weighted by atomic mass is 16.4. The fourth-order valence-corrected chi connectivity index (χ4v) is 3.67. The van der Waals surface area contributed by atoms with Gasteiger partial charge >= 0.3 is 5.97 Å². The summed E-state index contributed by atoms with van der Waals surface area (Å²) in [7, 11) is 0. The van der Waals surface area contributed by atoms with Gasteiger partial charge in [0.2, 0.25) is 17.7 Å². The maximum Gasteiger partial charge on any atom is 0.326 e. The third-order valence-corrected chi connectivity index (χ3v) is 6.26. The second kappa shape index (κ2) is 14.0. The van der Waals surface area contributed by atoms with Crippen LogP contribution in [0.25, 0.3) is 0 Å². The number of benzene rings is 2. The van der Waals surface area contributed by atoms with Gasteiger partial charge in [-0.15, -0.1) is 0 Å². The number of amides is 3. The van der Waals surface area contributed by atoms with E-state index in [1.165, 1.54) is 31.2 Å². The smallest absolute Gasteiger partial charge is 0.326 e. The first-order chi connectivity index (χ1) is 17.9. The number of carboxylic acid groups (broad SMARTS) is 1. The predicted molar refractivity (Wildman–Crippen MR) is 140 cm³/mol. The third-order valence-electron chi connectivity index (χ3n) is 6.26. The average Bonchev–Trinajstić information content (AvgIpc) is 2.88. The SMILES string of the molecule is CCC(C)C(NC(=O)C(C)NC(=O)C(N)Cc1ccc(O)cc1)C(=O)NC(Cc1ccc(O)cc1)C(=O)O. The zero-order chi connectivity index (χ0) is 28.4. The molecule has 0 bridgehead atoms.